The van der Waals surface area contributed by atoms with Crippen molar-refractivity contribution in [1.29, 1.82) is 0 Å². The highest BCUT2D eigenvalue weighted by Crippen LogP contribution is 2.18. The van der Waals surface area contributed by atoms with Crippen molar-refractivity contribution in [2.45, 2.75) is 0 Å². The van der Waals surface area contributed by atoms with Gasteiger partial charge in [-0.25, -0.2) is 0 Å². The summed E-state index contributed by atoms with van der Waals surface area (Å²) in [6.07, 6.45) is 1.27. The minimum absolute atomic E-state index is 0.0430. The quantitative estimate of drug-likeness (QED) is 0.440. The fourth-order valence-corrected chi connectivity index (χ4v) is 2.15. The molecule has 2 aromatic rings. The Morgan fingerprint density at radius 1 is 1.36 bits per heavy atom. The first kappa shape index (κ1) is 8.90. The molecular formula is C10H7NO2S. The molecule has 3 nitrogen and oxygen atoms in total. The first-order valence-electron chi connectivity index (χ1n) is 4.01. The van der Waals surface area contributed by atoms with E-state index >= 15 is 0 Å². The summed E-state index contributed by atoms with van der Waals surface area (Å²) >= 11 is 1.18. The van der Waals surface area contributed by atoms with Crippen molar-refractivity contribution < 1.29 is 5.21 Å². The lowest BCUT2D eigenvalue weighted by Gasteiger charge is -1.98. The van der Waals surface area contributed by atoms with Crippen molar-refractivity contribution in [1.82, 2.24) is 0 Å². The van der Waals surface area contributed by atoms with Crippen LogP contribution < -0.4 is 4.74 Å². The Labute approximate surface area is 83.9 Å². The molecule has 70 valence electrons. The zero-order chi connectivity index (χ0) is 9.97. The van der Waals surface area contributed by atoms with E-state index in [0.29, 0.717) is 5.56 Å². The summed E-state index contributed by atoms with van der Waals surface area (Å²) in [5.74, 6) is 0. The van der Waals surface area contributed by atoms with Gasteiger partial charge < -0.3 is 5.21 Å². The highest BCUT2D eigenvalue weighted by Gasteiger charge is 2.00. The van der Waals surface area contributed by atoms with Crippen molar-refractivity contribution in [3.05, 3.63) is 45.4 Å². The normalized spacial score (nSPS) is 11.1. The van der Waals surface area contributed by atoms with Crippen LogP contribution in [0, 0.1) is 0 Å². The molecule has 1 N–H and O–H groups in total. The number of benzene rings is 1. The van der Waals surface area contributed by atoms with E-state index in [4.69, 9.17) is 5.21 Å². The minimum Gasteiger partial charge on any atom is -0.411 e. The van der Waals surface area contributed by atoms with E-state index in [9.17, 15) is 4.79 Å². The number of fused-ring (bicyclic) bond motifs is 1. The lowest BCUT2D eigenvalue weighted by atomic mass is 10.1. The zero-order valence-corrected chi connectivity index (χ0v) is 7.99. The monoisotopic (exact) mass is 205 g/mol. The number of oxime groups is 1. The van der Waals surface area contributed by atoms with Gasteiger partial charge in [-0.1, -0.05) is 34.7 Å². The summed E-state index contributed by atoms with van der Waals surface area (Å²) in [5, 5.41) is 12.3. The Bertz CT molecular complexity index is 545. The van der Waals surface area contributed by atoms with E-state index in [2.05, 4.69) is 5.16 Å². The maximum absolute atomic E-state index is 11.3. The Balaban J connectivity index is 2.86. The summed E-state index contributed by atoms with van der Waals surface area (Å²) in [4.78, 5) is 11.3. The van der Waals surface area contributed by atoms with Gasteiger partial charge in [0.1, 0.15) is 0 Å². The van der Waals surface area contributed by atoms with Crippen LogP contribution in [-0.4, -0.2) is 11.4 Å². The highest BCUT2D eigenvalue weighted by atomic mass is 32.1. The van der Waals surface area contributed by atoms with Gasteiger partial charge in [-0.3, -0.25) is 4.79 Å². The Morgan fingerprint density at radius 2 is 2.14 bits per heavy atom. The van der Waals surface area contributed by atoms with Crippen molar-refractivity contribution in [3.63, 3.8) is 0 Å². The summed E-state index contributed by atoms with van der Waals surface area (Å²) in [7, 11) is 0. The molecule has 0 radical (unpaired) electrons. The Hall–Kier alpha value is -1.68. The molecule has 0 bridgehead atoms. The molecule has 0 amide bonds. The van der Waals surface area contributed by atoms with E-state index in [-0.39, 0.29) is 4.74 Å². The summed E-state index contributed by atoms with van der Waals surface area (Å²) in [6.45, 7) is 0. The van der Waals surface area contributed by atoms with Crippen molar-refractivity contribution in [2.75, 3.05) is 0 Å². The van der Waals surface area contributed by atoms with Gasteiger partial charge in [0.2, 0.25) is 4.74 Å². The van der Waals surface area contributed by atoms with Crippen LogP contribution in [0.25, 0.3) is 10.1 Å². The fraction of sp³-hybridized carbons (Fsp3) is 0. The van der Waals surface area contributed by atoms with Gasteiger partial charge in [0.25, 0.3) is 0 Å². The molecule has 0 saturated heterocycles. The average molecular weight is 205 g/mol. The molecule has 0 aliphatic heterocycles. The van der Waals surface area contributed by atoms with Gasteiger partial charge in [-0.2, -0.15) is 0 Å². The van der Waals surface area contributed by atoms with E-state index in [1.54, 1.807) is 0 Å². The molecule has 4 heteroatoms. The average Bonchev–Trinajstić information content (AvgIpc) is 2.18. The zero-order valence-electron chi connectivity index (χ0n) is 7.18. The summed E-state index contributed by atoms with van der Waals surface area (Å²) in [6, 6.07) is 8.98. The summed E-state index contributed by atoms with van der Waals surface area (Å²) in [5.41, 5.74) is 0.645. The van der Waals surface area contributed by atoms with Crippen LogP contribution in [0.2, 0.25) is 0 Å². The molecule has 1 heterocycles. The molecule has 0 atom stereocenters. The molecular weight excluding hydrogens is 198 g/mol. The SMILES string of the molecule is O=c1cc(C=NO)c2ccccc2s1. The maximum Gasteiger partial charge on any atom is 0.233 e. The summed E-state index contributed by atoms with van der Waals surface area (Å²) < 4.78 is 0.855. The van der Waals surface area contributed by atoms with Gasteiger partial charge in [0.15, 0.2) is 0 Å². The van der Waals surface area contributed by atoms with E-state index in [1.807, 2.05) is 24.3 Å². The van der Waals surface area contributed by atoms with Gasteiger partial charge in [-0.15, -0.1) is 0 Å². The molecule has 0 fully saturated rings. The maximum atomic E-state index is 11.3. The molecule has 0 aliphatic carbocycles. The second kappa shape index (κ2) is 3.59. The number of nitrogens with zero attached hydrogens (tertiary/aromatic N) is 1. The van der Waals surface area contributed by atoms with Crippen LogP contribution in [0.15, 0.2) is 40.3 Å². The number of hydrogen-bond donors (Lipinski definition) is 1. The van der Waals surface area contributed by atoms with Gasteiger partial charge >= 0.3 is 0 Å². The largest absolute Gasteiger partial charge is 0.411 e. The number of rotatable bonds is 1. The third kappa shape index (κ3) is 1.52. The van der Waals surface area contributed by atoms with Crippen LogP contribution in [0.1, 0.15) is 5.56 Å². The van der Waals surface area contributed by atoms with Crippen molar-refractivity contribution in [3.8, 4) is 0 Å². The third-order valence-electron chi connectivity index (χ3n) is 1.88. The van der Waals surface area contributed by atoms with E-state index < -0.39 is 0 Å². The Kier molecular flexibility index (Phi) is 2.28. The van der Waals surface area contributed by atoms with E-state index in [0.717, 1.165) is 10.1 Å². The fourth-order valence-electron chi connectivity index (χ4n) is 1.31. The molecule has 0 spiro atoms. The molecule has 2 rings (SSSR count). The van der Waals surface area contributed by atoms with Crippen LogP contribution in [0.5, 0.6) is 0 Å². The first-order chi connectivity index (χ1) is 6.81. The van der Waals surface area contributed by atoms with Crippen LogP contribution in [0.4, 0.5) is 0 Å². The second-order valence-corrected chi connectivity index (χ2v) is 3.81. The third-order valence-corrected chi connectivity index (χ3v) is 2.77. The lowest BCUT2D eigenvalue weighted by molar-refractivity contribution is 0.322. The van der Waals surface area contributed by atoms with Crippen LogP contribution in [0.3, 0.4) is 0 Å². The predicted molar refractivity (Wildman–Crippen MR) is 57.5 cm³/mol. The Morgan fingerprint density at radius 3 is 2.93 bits per heavy atom. The van der Waals surface area contributed by atoms with Gasteiger partial charge in [-0.05, 0) is 6.07 Å². The van der Waals surface area contributed by atoms with Gasteiger partial charge in [0, 0.05) is 21.7 Å². The van der Waals surface area contributed by atoms with Gasteiger partial charge in [0.05, 0.1) is 6.21 Å². The first-order valence-corrected chi connectivity index (χ1v) is 4.83. The molecule has 14 heavy (non-hydrogen) atoms. The second-order valence-electron chi connectivity index (χ2n) is 2.76. The van der Waals surface area contributed by atoms with Crippen LogP contribution >= 0.6 is 11.3 Å². The van der Waals surface area contributed by atoms with Crippen molar-refractivity contribution in [2.24, 2.45) is 5.16 Å². The minimum atomic E-state index is -0.0430. The van der Waals surface area contributed by atoms with Crippen molar-refractivity contribution >= 4 is 27.6 Å². The molecule has 0 unspecified atom stereocenters. The highest BCUT2D eigenvalue weighted by molar-refractivity contribution is 7.16. The van der Waals surface area contributed by atoms with E-state index in [1.165, 1.54) is 23.6 Å². The van der Waals surface area contributed by atoms with Crippen LogP contribution in [-0.2, 0) is 0 Å². The molecule has 1 aromatic carbocycles. The molecule has 0 aliphatic rings. The molecule has 0 saturated carbocycles. The number of hydrogen-bond acceptors (Lipinski definition) is 4. The lowest BCUT2D eigenvalue weighted by Crippen LogP contribution is -1.95. The smallest absolute Gasteiger partial charge is 0.233 e. The predicted octanol–water partition coefficient (Wildman–Crippen LogP) is 2.07. The standard InChI is InChI=1S/C10H7NO2S/c12-10-5-7(6-11-13)8-3-1-2-4-9(8)14-10/h1-6,13H. The molecule has 1 aromatic heterocycles. The topological polar surface area (TPSA) is 49.7 Å².